The fourth-order valence-electron chi connectivity index (χ4n) is 5.80. The van der Waals surface area contributed by atoms with Crippen molar-refractivity contribution in [3.8, 4) is 0 Å². The number of carboxylic acids is 1. The molecule has 0 atom stereocenters. The Kier molecular flexibility index (Phi) is 9.47. The van der Waals surface area contributed by atoms with Crippen LogP contribution in [0.2, 0.25) is 0 Å². The quantitative estimate of drug-likeness (QED) is 0.215. The van der Waals surface area contributed by atoms with Crippen LogP contribution in [-0.4, -0.2) is 67.8 Å². The van der Waals surface area contributed by atoms with Crippen molar-refractivity contribution in [2.24, 2.45) is 0 Å². The lowest BCUT2D eigenvalue weighted by Gasteiger charge is -2.35. The van der Waals surface area contributed by atoms with E-state index in [1.165, 1.54) is 23.4 Å². The number of unbranched alkanes of at least 4 members (excludes halogenated alkanes) is 1. The third kappa shape index (κ3) is 6.83. The number of hydrogen-bond acceptors (Lipinski definition) is 8. The van der Waals surface area contributed by atoms with Crippen LogP contribution in [0, 0.1) is 12.7 Å². The number of H-pyrrole nitrogens is 1. The number of rotatable bonds is 11. The summed E-state index contributed by atoms with van der Waals surface area (Å²) < 4.78 is 18.3. The SMILES string of the molecule is CCc1cc(Nc2cc(=O)[nH]c(=O)n2CCCCN2CCN(c3nc4c(cc3F)c(=O)c(C(=O)O)cn4CC)CC2)ccc1C. The number of anilines is 3. The summed E-state index contributed by atoms with van der Waals surface area (Å²) in [6.07, 6.45) is 3.65. The molecule has 1 saturated heterocycles. The molecule has 3 aromatic heterocycles. The van der Waals surface area contributed by atoms with E-state index in [0.29, 0.717) is 51.5 Å². The molecule has 45 heavy (non-hydrogen) atoms. The van der Waals surface area contributed by atoms with E-state index >= 15 is 4.39 Å². The molecule has 3 N–H and O–H groups in total. The zero-order valence-electron chi connectivity index (χ0n) is 25.7. The lowest BCUT2D eigenvalue weighted by Crippen LogP contribution is -2.47. The van der Waals surface area contributed by atoms with Gasteiger partial charge in [-0.15, -0.1) is 0 Å². The molecule has 5 rings (SSSR count). The van der Waals surface area contributed by atoms with Crippen LogP contribution in [-0.2, 0) is 19.5 Å². The van der Waals surface area contributed by atoms with Crippen LogP contribution < -0.4 is 26.9 Å². The van der Waals surface area contributed by atoms with E-state index in [1.54, 1.807) is 16.1 Å². The molecule has 13 heteroatoms. The number of fused-ring (bicyclic) bond motifs is 1. The van der Waals surface area contributed by atoms with Crippen molar-refractivity contribution in [3.05, 3.63) is 90.1 Å². The van der Waals surface area contributed by atoms with Gasteiger partial charge in [-0.2, -0.15) is 0 Å². The minimum atomic E-state index is -1.36. The average Bonchev–Trinajstić information content (AvgIpc) is 3.01. The Morgan fingerprint density at radius 3 is 2.47 bits per heavy atom. The molecule has 0 aliphatic carbocycles. The summed E-state index contributed by atoms with van der Waals surface area (Å²) in [5, 5.41) is 12.6. The van der Waals surface area contributed by atoms with E-state index in [9.17, 15) is 24.3 Å². The molecule has 238 valence electrons. The minimum Gasteiger partial charge on any atom is -0.477 e. The average molecular weight is 620 g/mol. The summed E-state index contributed by atoms with van der Waals surface area (Å²) in [6, 6.07) is 8.47. The maximum atomic E-state index is 15.2. The van der Waals surface area contributed by atoms with Gasteiger partial charge in [-0.1, -0.05) is 13.0 Å². The van der Waals surface area contributed by atoms with Crippen molar-refractivity contribution in [3.63, 3.8) is 0 Å². The number of hydrogen-bond donors (Lipinski definition) is 3. The Bertz CT molecular complexity index is 1910. The summed E-state index contributed by atoms with van der Waals surface area (Å²) >= 11 is 0. The maximum absolute atomic E-state index is 15.2. The molecule has 1 aromatic carbocycles. The molecule has 0 saturated carbocycles. The zero-order chi connectivity index (χ0) is 32.2. The first-order valence-electron chi connectivity index (χ1n) is 15.2. The fraction of sp³-hybridized carbons (Fsp3) is 0.406. The first-order chi connectivity index (χ1) is 21.6. The van der Waals surface area contributed by atoms with Gasteiger partial charge in [0.1, 0.15) is 17.0 Å². The van der Waals surface area contributed by atoms with E-state index < -0.39 is 34.0 Å². The largest absolute Gasteiger partial charge is 0.477 e. The number of aromatic carboxylic acids is 1. The summed E-state index contributed by atoms with van der Waals surface area (Å²) in [4.78, 5) is 59.8. The molecule has 0 unspecified atom stereocenters. The maximum Gasteiger partial charge on any atom is 0.341 e. The van der Waals surface area contributed by atoms with Crippen LogP contribution in [0.1, 0.15) is 48.2 Å². The number of nitrogens with one attached hydrogen (secondary N) is 2. The van der Waals surface area contributed by atoms with Gasteiger partial charge in [0, 0.05) is 57.2 Å². The van der Waals surface area contributed by atoms with Gasteiger partial charge in [0.15, 0.2) is 11.6 Å². The third-order valence-corrected chi connectivity index (χ3v) is 8.37. The van der Waals surface area contributed by atoms with E-state index in [2.05, 4.69) is 34.0 Å². The van der Waals surface area contributed by atoms with E-state index in [0.717, 1.165) is 31.1 Å². The Labute approximate surface area is 258 Å². The van der Waals surface area contributed by atoms with Gasteiger partial charge < -0.3 is 19.9 Å². The Balaban J connectivity index is 1.20. The molecule has 12 nitrogen and oxygen atoms in total. The van der Waals surface area contributed by atoms with Gasteiger partial charge in [-0.25, -0.2) is 19.0 Å². The predicted molar refractivity (Wildman–Crippen MR) is 172 cm³/mol. The van der Waals surface area contributed by atoms with Crippen molar-refractivity contribution in [1.29, 1.82) is 0 Å². The Hall–Kier alpha value is -4.78. The number of carbonyl (C=O) groups is 1. The highest BCUT2D eigenvalue weighted by Crippen LogP contribution is 2.23. The summed E-state index contributed by atoms with van der Waals surface area (Å²) in [5.41, 5.74) is 1.36. The van der Waals surface area contributed by atoms with Crippen molar-refractivity contribution < 1.29 is 14.3 Å². The Morgan fingerprint density at radius 2 is 1.78 bits per heavy atom. The number of pyridine rings is 2. The smallest absolute Gasteiger partial charge is 0.341 e. The van der Waals surface area contributed by atoms with Crippen LogP contribution in [0.4, 0.5) is 21.7 Å². The van der Waals surface area contributed by atoms with Crippen LogP contribution in [0.3, 0.4) is 0 Å². The first-order valence-corrected chi connectivity index (χ1v) is 15.2. The Morgan fingerprint density at radius 1 is 1.04 bits per heavy atom. The molecule has 0 amide bonds. The summed E-state index contributed by atoms with van der Waals surface area (Å²) in [5.74, 6) is -1.43. The van der Waals surface area contributed by atoms with E-state index in [1.807, 2.05) is 23.1 Å². The summed E-state index contributed by atoms with van der Waals surface area (Å²) in [6.45, 7) is 9.94. The monoisotopic (exact) mass is 619 g/mol. The highest BCUT2D eigenvalue weighted by atomic mass is 19.1. The van der Waals surface area contributed by atoms with Gasteiger partial charge >= 0.3 is 11.7 Å². The van der Waals surface area contributed by atoms with Crippen LogP contribution in [0.5, 0.6) is 0 Å². The van der Waals surface area contributed by atoms with E-state index in [-0.39, 0.29) is 16.9 Å². The number of aryl methyl sites for hydroxylation is 3. The number of piperazine rings is 1. The van der Waals surface area contributed by atoms with Crippen LogP contribution in [0.15, 0.2) is 50.9 Å². The molecular weight excluding hydrogens is 581 g/mol. The number of aromatic amines is 1. The second-order valence-electron chi connectivity index (χ2n) is 11.3. The molecular formula is C32H38FN7O5. The molecule has 4 aromatic rings. The number of halogens is 1. The topological polar surface area (TPSA) is 146 Å². The molecule has 0 bridgehead atoms. The first kappa shape index (κ1) is 31.6. The molecule has 0 spiro atoms. The third-order valence-electron chi connectivity index (χ3n) is 8.37. The van der Waals surface area contributed by atoms with Gasteiger partial charge in [0.2, 0.25) is 5.43 Å². The fourth-order valence-corrected chi connectivity index (χ4v) is 5.80. The van der Waals surface area contributed by atoms with Gasteiger partial charge in [-0.3, -0.25) is 24.0 Å². The lowest BCUT2D eigenvalue weighted by atomic mass is 10.1. The van der Waals surface area contributed by atoms with Crippen molar-refractivity contribution in [2.75, 3.05) is 42.9 Å². The van der Waals surface area contributed by atoms with Crippen LogP contribution in [0.25, 0.3) is 11.0 Å². The molecule has 1 aliphatic heterocycles. The second-order valence-corrected chi connectivity index (χ2v) is 11.3. The van der Waals surface area contributed by atoms with Gasteiger partial charge in [-0.05, 0) is 69.0 Å². The second kappa shape index (κ2) is 13.5. The predicted octanol–water partition coefficient (Wildman–Crippen LogP) is 3.32. The lowest BCUT2D eigenvalue weighted by molar-refractivity contribution is 0.0695. The summed E-state index contributed by atoms with van der Waals surface area (Å²) in [7, 11) is 0. The number of aromatic nitrogens is 4. The molecule has 1 aliphatic rings. The van der Waals surface area contributed by atoms with Crippen molar-refractivity contribution in [1.82, 2.24) is 24.0 Å². The van der Waals surface area contributed by atoms with Gasteiger partial charge in [0.25, 0.3) is 5.56 Å². The molecule has 0 radical (unpaired) electrons. The highest BCUT2D eigenvalue weighted by molar-refractivity contribution is 5.92. The molecule has 1 fully saturated rings. The van der Waals surface area contributed by atoms with E-state index in [4.69, 9.17) is 0 Å². The molecule has 4 heterocycles. The van der Waals surface area contributed by atoms with Crippen molar-refractivity contribution >= 4 is 34.3 Å². The minimum absolute atomic E-state index is 0.0545. The number of nitrogens with zero attached hydrogens (tertiary/aromatic N) is 5. The normalized spacial score (nSPS) is 13.8. The number of benzene rings is 1. The number of carboxylic acid groups (broad SMARTS) is 1. The van der Waals surface area contributed by atoms with Crippen molar-refractivity contribution in [2.45, 2.75) is 53.1 Å². The highest BCUT2D eigenvalue weighted by Gasteiger charge is 2.23. The van der Waals surface area contributed by atoms with Gasteiger partial charge in [0.05, 0.1) is 5.39 Å². The standard InChI is InChI=1S/C32H38FN7O5/c1-4-21-16-22(9-8-20(21)3)34-26-18-27(41)35-32(45)40(26)11-7-6-10-37-12-14-39(15-13-37)30-25(33)17-23-28(42)24(31(43)44)19-38(5-2)29(23)36-30/h8-9,16-19,34H,4-7,10-15H2,1-3H3,(H,43,44)(H,35,41,45). The zero-order valence-corrected chi connectivity index (χ0v) is 25.7. The van der Waals surface area contributed by atoms with Crippen LogP contribution >= 0.6 is 0 Å².